The SMILES string of the molecule is O=C(O)NC1(c2ccc(N3Cc4oc(NCCO)cc4C(OCCF)=C3c3ccccc3)cc2)CCC1. The van der Waals surface area contributed by atoms with Crippen molar-refractivity contribution in [1.82, 2.24) is 5.32 Å². The first-order valence-corrected chi connectivity index (χ1v) is 12.4. The predicted octanol–water partition coefficient (Wildman–Crippen LogP) is 5.16. The summed E-state index contributed by atoms with van der Waals surface area (Å²) < 4.78 is 25.3. The molecule has 0 bridgehead atoms. The Balaban J connectivity index is 1.58. The molecule has 1 saturated carbocycles. The Bertz CT molecular complexity index is 1270. The van der Waals surface area contributed by atoms with Gasteiger partial charge in [-0.05, 0) is 37.0 Å². The van der Waals surface area contributed by atoms with Gasteiger partial charge in [0.1, 0.15) is 19.0 Å². The lowest BCUT2D eigenvalue weighted by Crippen LogP contribution is -2.50. The van der Waals surface area contributed by atoms with Crippen molar-refractivity contribution in [3.63, 3.8) is 0 Å². The van der Waals surface area contributed by atoms with E-state index in [9.17, 15) is 19.4 Å². The lowest BCUT2D eigenvalue weighted by Gasteiger charge is -2.42. The number of hydrogen-bond acceptors (Lipinski definition) is 6. The van der Waals surface area contributed by atoms with E-state index < -0.39 is 18.3 Å². The molecule has 194 valence electrons. The molecule has 1 amide bonds. The third-order valence-corrected chi connectivity index (χ3v) is 6.91. The van der Waals surface area contributed by atoms with E-state index in [1.165, 1.54) is 0 Å². The van der Waals surface area contributed by atoms with Gasteiger partial charge < -0.3 is 34.9 Å². The van der Waals surface area contributed by atoms with Crippen molar-refractivity contribution in [1.29, 1.82) is 0 Å². The fraction of sp³-hybridized carbons (Fsp3) is 0.321. The van der Waals surface area contributed by atoms with Crippen molar-refractivity contribution in [2.45, 2.75) is 31.3 Å². The zero-order valence-corrected chi connectivity index (χ0v) is 20.4. The van der Waals surface area contributed by atoms with Gasteiger partial charge in [-0.25, -0.2) is 9.18 Å². The van der Waals surface area contributed by atoms with E-state index in [1.54, 1.807) is 0 Å². The van der Waals surface area contributed by atoms with Gasteiger partial charge in [-0.1, -0.05) is 42.5 Å². The molecule has 2 aromatic carbocycles. The zero-order chi connectivity index (χ0) is 25.8. The van der Waals surface area contributed by atoms with Crippen LogP contribution in [0.5, 0.6) is 0 Å². The van der Waals surface area contributed by atoms with E-state index in [0.29, 0.717) is 30.5 Å². The minimum absolute atomic E-state index is 0.0433. The van der Waals surface area contributed by atoms with E-state index in [4.69, 9.17) is 9.15 Å². The first-order valence-electron chi connectivity index (χ1n) is 12.4. The summed E-state index contributed by atoms with van der Waals surface area (Å²) in [5, 5.41) is 24.3. The molecule has 0 unspecified atom stereocenters. The van der Waals surface area contributed by atoms with Gasteiger partial charge in [0.15, 0.2) is 11.6 Å². The molecule has 0 spiro atoms. The summed E-state index contributed by atoms with van der Waals surface area (Å²) in [6.45, 7) is -0.0493. The quantitative estimate of drug-likeness (QED) is 0.300. The smallest absolute Gasteiger partial charge is 0.405 e. The van der Waals surface area contributed by atoms with Crippen LogP contribution < -0.4 is 15.5 Å². The molecule has 1 aliphatic carbocycles. The summed E-state index contributed by atoms with van der Waals surface area (Å²) in [5.41, 5.74) is 3.66. The van der Waals surface area contributed by atoms with Gasteiger partial charge in [0.05, 0.1) is 30.0 Å². The number of benzene rings is 2. The van der Waals surface area contributed by atoms with Crippen LogP contribution in [0.4, 0.5) is 20.8 Å². The van der Waals surface area contributed by atoms with Gasteiger partial charge in [0.2, 0.25) is 0 Å². The molecule has 4 N–H and O–H groups in total. The molecule has 0 saturated heterocycles. The second-order valence-electron chi connectivity index (χ2n) is 9.18. The first-order chi connectivity index (χ1) is 18.0. The molecule has 2 aliphatic rings. The second kappa shape index (κ2) is 10.6. The third kappa shape index (κ3) is 4.86. The normalized spacial score (nSPS) is 16.1. The van der Waals surface area contributed by atoms with Crippen LogP contribution in [0, 0.1) is 0 Å². The molecule has 3 aromatic rings. The highest BCUT2D eigenvalue weighted by molar-refractivity contribution is 5.97. The number of ether oxygens (including phenoxy) is 1. The van der Waals surface area contributed by atoms with Crippen LogP contribution in [-0.4, -0.2) is 42.7 Å². The molecule has 1 aromatic heterocycles. The molecular weight excluding hydrogens is 477 g/mol. The van der Waals surface area contributed by atoms with E-state index in [-0.39, 0.29) is 13.2 Å². The number of alkyl halides is 1. The van der Waals surface area contributed by atoms with Crippen LogP contribution in [0.25, 0.3) is 11.5 Å². The molecule has 1 aliphatic heterocycles. The van der Waals surface area contributed by atoms with Crippen LogP contribution in [0.3, 0.4) is 0 Å². The molecule has 9 heteroatoms. The molecule has 37 heavy (non-hydrogen) atoms. The summed E-state index contributed by atoms with van der Waals surface area (Å²) in [4.78, 5) is 13.5. The number of amides is 1. The molecule has 0 atom stereocenters. The van der Waals surface area contributed by atoms with Gasteiger partial charge >= 0.3 is 6.09 Å². The first kappa shape index (κ1) is 24.7. The van der Waals surface area contributed by atoms with Gasteiger partial charge in [-0.15, -0.1) is 0 Å². The Morgan fingerprint density at radius 2 is 1.89 bits per heavy atom. The van der Waals surface area contributed by atoms with Crippen molar-refractivity contribution < 1.29 is 28.6 Å². The highest BCUT2D eigenvalue weighted by Gasteiger charge is 2.40. The third-order valence-electron chi connectivity index (χ3n) is 6.91. The maximum atomic E-state index is 13.3. The number of carboxylic acid groups (broad SMARTS) is 1. The standard InChI is InChI=1S/C28H30FN3O5/c29-13-16-36-26-22-17-24(30-14-15-33)37-23(22)18-32(25(26)19-5-2-1-3-6-19)21-9-7-20(8-10-21)28(11-4-12-28)31-27(34)35/h1-3,5-10,17,30-31,33H,4,11-16,18H2,(H,34,35). The Morgan fingerprint density at radius 3 is 2.51 bits per heavy atom. The Morgan fingerprint density at radius 1 is 1.14 bits per heavy atom. The minimum atomic E-state index is -1.03. The molecular formula is C28H30FN3O5. The fourth-order valence-electron chi connectivity index (χ4n) is 5.05. The number of nitrogens with zero attached hydrogens (tertiary/aromatic N) is 1. The lowest BCUT2D eigenvalue weighted by molar-refractivity contribution is 0.144. The Hall–Kier alpha value is -3.98. The number of aliphatic hydroxyl groups excluding tert-OH is 1. The maximum absolute atomic E-state index is 13.3. The van der Waals surface area contributed by atoms with Crippen molar-refractivity contribution >= 4 is 29.1 Å². The number of carbonyl (C=O) groups is 1. The van der Waals surface area contributed by atoms with Crippen molar-refractivity contribution in [2.75, 3.05) is 36.6 Å². The van der Waals surface area contributed by atoms with E-state index in [0.717, 1.165) is 47.3 Å². The Labute approximate surface area is 214 Å². The number of aliphatic hydroxyl groups is 1. The number of fused-ring (bicyclic) bond motifs is 1. The zero-order valence-electron chi connectivity index (χ0n) is 20.4. The van der Waals surface area contributed by atoms with Crippen LogP contribution in [0.15, 0.2) is 65.1 Å². The van der Waals surface area contributed by atoms with Gasteiger partial charge in [-0.2, -0.15) is 0 Å². The molecule has 2 heterocycles. The van der Waals surface area contributed by atoms with Crippen LogP contribution >= 0.6 is 0 Å². The summed E-state index contributed by atoms with van der Waals surface area (Å²) in [7, 11) is 0. The van der Waals surface area contributed by atoms with E-state index in [2.05, 4.69) is 15.5 Å². The lowest BCUT2D eigenvalue weighted by atomic mass is 9.72. The number of hydrogen-bond donors (Lipinski definition) is 4. The number of nitrogens with one attached hydrogen (secondary N) is 2. The highest BCUT2D eigenvalue weighted by atomic mass is 19.1. The molecule has 5 rings (SSSR count). The number of anilines is 2. The van der Waals surface area contributed by atoms with Crippen molar-refractivity contribution in [3.8, 4) is 0 Å². The van der Waals surface area contributed by atoms with Gasteiger partial charge in [0.25, 0.3) is 0 Å². The second-order valence-corrected chi connectivity index (χ2v) is 9.18. The summed E-state index contributed by atoms with van der Waals surface area (Å²) >= 11 is 0. The van der Waals surface area contributed by atoms with Gasteiger partial charge in [0, 0.05) is 23.9 Å². The summed E-state index contributed by atoms with van der Waals surface area (Å²) in [6, 6.07) is 19.4. The number of furan rings is 1. The highest BCUT2D eigenvalue weighted by Crippen LogP contribution is 2.45. The van der Waals surface area contributed by atoms with Crippen LogP contribution in [0.2, 0.25) is 0 Å². The summed E-state index contributed by atoms with van der Waals surface area (Å²) in [5.74, 6) is 1.66. The van der Waals surface area contributed by atoms with Gasteiger partial charge in [-0.3, -0.25) is 0 Å². The van der Waals surface area contributed by atoms with E-state index in [1.807, 2.05) is 60.7 Å². The topological polar surface area (TPSA) is 107 Å². The van der Waals surface area contributed by atoms with Crippen molar-refractivity contribution in [3.05, 3.63) is 83.1 Å². The fourth-order valence-corrected chi connectivity index (χ4v) is 5.05. The predicted molar refractivity (Wildman–Crippen MR) is 139 cm³/mol. The molecule has 8 nitrogen and oxygen atoms in total. The number of rotatable bonds is 10. The monoisotopic (exact) mass is 507 g/mol. The average molecular weight is 508 g/mol. The largest absolute Gasteiger partial charge is 0.488 e. The van der Waals surface area contributed by atoms with Crippen LogP contribution in [-0.2, 0) is 16.8 Å². The Kier molecular flexibility index (Phi) is 7.05. The van der Waals surface area contributed by atoms with E-state index >= 15 is 0 Å². The minimum Gasteiger partial charge on any atom is -0.488 e. The average Bonchev–Trinajstić information content (AvgIpc) is 3.31. The van der Waals surface area contributed by atoms with Crippen LogP contribution in [0.1, 0.15) is 41.7 Å². The summed E-state index contributed by atoms with van der Waals surface area (Å²) in [6.07, 6.45) is 1.47. The maximum Gasteiger partial charge on any atom is 0.405 e. The molecule has 1 fully saturated rings. The molecule has 0 radical (unpaired) electrons. The number of halogens is 1. The van der Waals surface area contributed by atoms with Crippen molar-refractivity contribution in [2.24, 2.45) is 0 Å².